The lowest BCUT2D eigenvalue weighted by Gasteiger charge is -2.07. The number of hydrogen-bond acceptors (Lipinski definition) is 4. The summed E-state index contributed by atoms with van der Waals surface area (Å²) in [4.78, 5) is 10.8. The summed E-state index contributed by atoms with van der Waals surface area (Å²) in [5.74, 6) is 0.688. The van der Waals surface area contributed by atoms with Crippen molar-refractivity contribution in [1.29, 1.82) is 0 Å². The molecule has 0 unspecified atom stereocenters. The van der Waals surface area contributed by atoms with Crippen molar-refractivity contribution in [1.82, 2.24) is 15.3 Å². The van der Waals surface area contributed by atoms with Gasteiger partial charge in [-0.3, -0.25) is 4.98 Å². The Morgan fingerprint density at radius 1 is 1.40 bits per heavy atom. The van der Waals surface area contributed by atoms with E-state index in [0.29, 0.717) is 12.0 Å². The van der Waals surface area contributed by atoms with E-state index in [4.69, 9.17) is 4.98 Å². The maximum absolute atomic E-state index is 4.90. The molecule has 1 saturated carbocycles. The summed E-state index contributed by atoms with van der Waals surface area (Å²) < 4.78 is 0. The summed E-state index contributed by atoms with van der Waals surface area (Å²) in [7, 11) is 0. The van der Waals surface area contributed by atoms with Crippen molar-refractivity contribution < 1.29 is 0 Å². The number of pyridine rings is 1. The second-order valence-corrected chi connectivity index (χ2v) is 6.89. The summed E-state index contributed by atoms with van der Waals surface area (Å²) in [5, 5.41) is 4.59. The molecule has 1 N–H and O–H groups in total. The van der Waals surface area contributed by atoms with Crippen LogP contribution in [0.15, 0.2) is 18.3 Å². The van der Waals surface area contributed by atoms with Crippen molar-refractivity contribution >= 4 is 11.3 Å². The summed E-state index contributed by atoms with van der Waals surface area (Å²) >= 11 is 1.80. The van der Waals surface area contributed by atoms with Crippen LogP contribution in [0.25, 0.3) is 10.7 Å². The molecule has 2 aromatic heterocycles. The first-order valence-electron chi connectivity index (χ1n) is 7.30. The standard InChI is InChI=1S/C16H21N3S/c1-10(2)18-9-13-15(12-6-7-12)19-16(20-13)14-11(3)5-4-8-17-14/h4-5,8,10,12,18H,6-7,9H2,1-3H3. The SMILES string of the molecule is Cc1cccnc1-c1nc(C2CC2)c(CNC(C)C)s1. The molecule has 0 spiro atoms. The topological polar surface area (TPSA) is 37.8 Å². The third-order valence-electron chi connectivity index (χ3n) is 3.57. The van der Waals surface area contributed by atoms with Crippen LogP contribution in [0.3, 0.4) is 0 Å². The summed E-state index contributed by atoms with van der Waals surface area (Å²) in [5.41, 5.74) is 3.55. The maximum Gasteiger partial charge on any atom is 0.142 e. The smallest absolute Gasteiger partial charge is 0.142 e. The zero-order valence-electron chi connectivity index (χ0n) is 12.3. The van der Waals surface area contributed by atoms with E-state index in [2.05, 4.69) is 37.1 Å². The molecule has 20 heavy (non-hydrogen) atoms. The molecule has 0 saturated heterocycles. The lowest BCUT2D eigenvalue weighted by atomic mass is 10.2. The van der Waals surface area contributed by atoms with Gasteiger partial charge in [-0.05, 0) is 31.4 Å². The van der Waals surface area contributed by atoms with Crippen LogP contribution in [0.4, 0.5) is 0 Å². The van der Waals surface area contributed by atoms with Gasteiger partial charge in [0.1, 0.15) is 10.7 Å². The fraction of sp³-hybridized carbons (Fsp3) is 0.500. The quantitative estimate of drug-likeness (QED) is 0.906. The first kappa shape index (κ1) is 13.7. The molecule has 0 aliphatic heterocycles. The molecule has 4 heteroatoms. The fourth-order valence-corrected chi connectivity index (χ4v) is 3.43. The van der Waals surface area contributed by atoms with Crippen LogP contribution in [-0.4, -0.2) is 16.0 Å². The molecule has 3 nitrogen and oxygen atoms in total. The van der Waals surface area contributed by atoms with Gasteiger partial charge in [0.25, 0.3) is 0 Å². The van der Waals surface area contributed by atoms with Crippen molar-refractivity contribution in [2.24, 2.45) is 0 Å². The zero-order valence-corrected chi connectivity index (χ0v) is 13.1. The van der Waals surface area contributed by atoms with Gasteiger partial charge in [-0.2, -0.15) is 0 Å². The summed E-state index contributed by atoms with van der Waals surface area (Å²) in [6.07, 6.45) is 4.44. The monoisotopic (exact) mass is 287 g/mol. The predicted molar refractivity (Wildman–Crippen MR) is 84.0 cm³/mol. The van der Waals surface area contributed by atoms with Crippen LogP contribution in [0.1, 0.15) is 48.7 Å². The lowest BCUT2D eigenvalue weighted by Crippen LogP contribution is -2.21. The molecule has 1 aliphatic carbocycles. The molecular weight excluding hydrogens is 266 g/mol. The zero-order chi connectivity index (χ0) is 14.1. The van der Waals surface area contributed by atoms with E-state index in [1.54, 1.807) is 11.3 Å². The summed E-state index contributed by atoms with van der Waals surface area (Å²) in [6.45, 7) is 7.39. The van der Waals surface area contributed by atoms with Gasteiger partial charge < -0.3 is 5.32 Å². The molecule has 2 heterocycles. The highest BCUT2D eigenvalue weighted by Gasteiger charge is 2.30. The largest absolute Gasteiger partial charge is 0.310 e. The molecule has 0 bridgehead atoms. The predicted octanol–water partition coefficient (Wildman–Crippen LogP) is 3.89. The Bertz CT molecular complexity index is 600. The van der Waals surface area contributed by atoms with E-state index in [0.717, 1.165) is 17.2 Å². The molecule has 1 aliphatic rings. The Hall–Kier alpha value is -1.26. The number of aromatic nitrogens is 2. The highest BCUT2D eigenvalue weighted by molar-refractivity contribution is 7.15. The number of thiazole rings is 1. The number of rotatable bonds is 5. The Morgan fingerprint density at radius 2 is 2.20 bits per heavy atom. The number of nitrogens with one attached hydrogen (secondary N) is 1. The molecule has 2 aromatic rings. The van der Waals surface area contributed by atoms with Crippen LogP contribution >= 0.6 is 11.3 Å². The summed E-state index contributed by atoms with van der Waals surface area (Å²) in [6, 6.07) is 4.59. The van der Waals surface area contributed by atoms with E-state index >= 15 is 0 Å². The highest BCUT2D eigenvalue weighted by atomic mass is 32.1. The van der Waals surface area contributed by atoms with Crippen LogP contribution in [0.5, 0.6) is 0 Å². The molecule has 3 rings (SSSR count). The minimum absolute atomic E-state index is 0.504. The van der Waals surface area contributed by atoms with Gasteiger partial charge in [0.05, 0.1) is 5.69 Å². The van der Waals surface area contributed by atoms with Crippen molar-refractivity contribution in [2.45, 2.75) is 52.1 Å². The van der Waals surface area contributed by atoms with Gasteiger partial charge >= 0.3 is 0 Å². The van der Waals surface area contributed by atoms with E-state index in [1.165, 1.54) is 29.0 Å². The van der Waals surface area contributed by atoms with Crippen LogP contribution in [0, 0.1) is 6.92 Å². The third kappa shape index (κ3) is 2.91. The third-order valence-corrected chi connectivity index (χ3v) is 4.65. The Morgan fingerprint density at radius 3 is 2.85 bits per heavy atom. The van der Waals surface area contributed by atoms with Crippen LogP contribution in [-0.2, 0) is 6.54 Å². The molecule has 0 amide bonds. The second kappa shape index (κ2) is 5.62. The molecule has 1 fully saturated rings. The Labute approximate surface area is 124 Å². The number of nitrogens with zero attached hydrogens (tertiary/aromatic N) is 2. The van der Waals surface area contributed by atoms with Gasteiger partial charge in [-0.15, -0.1) is 11.3 Å². The first-order chi connectivity index (χ1) is 9.65. The van der Waals surface area contributed by atoms with E-state index in [9.17, 15) is 0 Å². The van der Waals surface area contributed by atoms with Gasteiger partial charge in [-0.1, -0.05) is 19.9 Å². The molecule has 106 valence electrons. The van der Waals surface area contributed by atoms with Gasteiger partial charge in [0.2, 0.25) is 0 Å². The van der Waals surface area contributed by atoms with E-state index < -0.39 is 0 Å². The van der Waals surface area contributed by atoms with Crippen molar-refractivity contribution in [3.8, 4) is 10.7 Å². The van der Waals surface area contributed by atoms with Crippen molar-refractivity contribution in [3.63, 3.8) is 0 Å². The molecule has 0 atom stereocenters. The maximum atomic E-state index is 4.90. The second-order valence-electron chi connectivity index (χ2n) is 5.81. The van der Waals surface area contributed by atoms with Crippen LogP contribution < -0.4 is 5.32 Å². The van der Waals surface area contributed by atoms with Crippen LogP contribution in [0.2, 0.25) is 0 Å². The average Bonchev–Trinajstić information content (AvgIpc) is 3.18. The van der Waals surface area contributed by atoms with Gasteiger partial charge in [0.15, 0.2) is 0 Å². The molecule has 0 aromatic carbocycles. The Balaban J connectivity index is 1.93. The van der Waals surface area contributed by atoms with Crippen molar-refractivity contribution in [2.75, 3.05) is 0 Å². The minimum atomic E-state index is 0.504. The minimum Gasteiger partial charge on any atom is -0.310 e. The molecule has 0 radical (unpaired) electrons. The Kier molecular flexibility index (Phi) is 3.85. The number of hydrogen-bond donors (Lipinski definition) is 1. The molecular formula is C16H21N3S. The van der Waals surface area contributed by atoms with Gasteiger partial charge in [-0.25, -0.2) is 4.98 Å². The first-order valence-corrected chi connectivity index (χ1v) is 8.11. The van der Waals surface area contributed by atoms with Gasteiger partial charge in [0, 0.05) is 29.6 Å². The van der Waals surface area contributed by atoms with E-state index in [1.807, 2.05) is 12.3 Å². The van der Waals surface area contributed by atoms with Crippen molar-refractivity contribution in [3.05, 3.63) is 34.5 Å². The van der Waals surface area contributed by atoms with E-state index in [-0.39, 0.29) is 0 Å². The highest BCUT2D eigenvalue weighted by Crippen LogP contribution is 2.44. The average molecular weight is 287 g/mol. The lowest BCUT2D eigenvalue weighted by molar-refractivity contribution is 0.590. The fourth-order valence-electron chi connectivity index (χ4n) is 2.27. The number of aryl methyl sites for hydroxylation is 1. The normalized spacial score (nSPS) is 15.0.